The monoisotopic (exact) mass is 357 g/mol. The highest BCUT2D eigenvalue weighted by atomic mass is 32.2. The zero-order chi connectivity index (χ0) is 16.9. The van der Waals surface area contributed by atoms with Gasteiger partial charge in [-0.2, -0.15) is 0 Å². The minimum atomic E-state index is -0.563. The number of aliphatic imine (C=N–C) groups is 1. The third-order valence-electron chi connectivity index (χ3n) is 3.17. The number of esters is 1. The molecule has 0 atom stereocenters. The summed E-state index contributed by atoms with van der Waals surface area (Å²) in [7, 11) is 0. The number of carbonyl (C=O) groups excluding carboxylic acids is 1. The van der Waals surface area contributed by atoms with Crippen LogP contribution in [0.1, 0.15) is 11.8 Å². The molecule has 2 heterocycles. The van der Waals surface area contributed by atoms with Crippen LogP contribution in [0.2, 0.25) is 0 Å². The van der Waals surface area contributed by atoms with E-state index in [1.54, 1.807) is 18.3 Å². The number of benzene rings is 1. The number of aliphatic hydroxyl groups is 1. The summed E-state index contributed by atoms with van der Waals surface area (Å²) in [4.78, 5) is 18.3. The lowest BCUT2D eigenvalue weighted by molar-refractivity contribution is -0.138. The van der Waals surface area contributed by atoms with E-state index in [9.17, 15) is 9.90 Å². The Hall–Kier alpha value is -2.31. The van der Waals surface area contributed by atoms with Crippen LogP contribution >= 0.6 is 23.1 Å². The Bertz CT molecular complexity index is 821. The third-order valence-corrected chi connectivity index (χ3v) is 5.01. The Morgan fingerprint density at radius 2 is 2.04 bits per heavy atom. The fourth-order valence-corrected chi connectivity index (χ4v) is 3.87. The smallest absolute Gasteiger partial charge is 0.344 e. The van der Waals surface area contributed by atoms with Gasteiger partial charge in [-0.25, -0.2) is 9.79 Å². The molecule has 1 N–H and O–H groups in total. The van der Waals surface area contributed by atoms with Gasteiger partial charge < -0.3 is 9.84 Å². The predicted octanol–water partition coefficient (Wildman–Crippen LogP) is 4.94. The summed E-state index contributed by atoms with van der Waals surface area (Å²) in [6.07, 6.45) is 1.84. The molecule has 1 aliphatic heterocycles. The number of rotatable bonds is 4. The SMILES string of the molecule is CCOC(=O)C1=C(O)/C(=C/c2cccs2)SC1=Nc1ccccc1. The predicted molar refractivity (Wildman–Crippen MR) is 99.7 cm³/mol. The lowest BCUT2D eigenvalue weighted by Crippen LogP contribution is -2.12. The molecule has 0 fully saturated rings. The molecule has 1 aromatic carbocycles. The zero-order valence-electron chi connectivity index (χ0n) is 12.9. The average Bonchev–Trinajstić information content (AvgIpc) is 3.18. The molecule has 24 heavy (non-hydrogen) atoms. The van der Waals surface area contributed by atoms with Crippen molar-refractivity contribution in [1.29, 1.82) is 0 Å². The Kier molecular flexibility index (Phi) is 5.17. The quantitative estimate of drug-likeness (QED) is 0.787. The van der Waals surface area contributed by atoms with Gasteiger partial charge in [-0.1, -0.05) is 36.0 Å². The number of carbonyl (C=O) groups is 1. The fourth-order valence-electron chi connectivity index (χ4n) is 2.11. The largest absolute Gasteiger partial charge is 0.506 e. The summed E-state index contributed by atoms with van der Waals surface area (Å²) >= 11 is 2.82. The standard InChI is InChI=1S/C18H15NO3S2/c1-2-22-18(21)15-16(20)14(11-13-9-6-10-23-13)24-17(15)19-12-7-4-3-5-8-12/h3-11,20H,2H2,1H3/b14-11-,19-17?. The summed E-state index contributed by atoms with van der Waals surface area (Å²) in [6, 6.07) is 13.2. The number of aliphatic hydroxyl groups excluding tert-OH is 1. The Morgan fingerprint density at radius 3 is 2.71 bits per heavy atom. The molecule has 1 aliphatic rings. The van der Waals surface area contributed by atoms with E-state index in [2.05, 4.69) is 4.99 Å². The molecule has 6 heteroatoms. The summed E-state index contributed by atoms with van der Waals surface area (Å²) < 4.78 is 5.07. The van der Waals surface area contributed by atoms with E-state index in [1.165, 1.54) is 11.8 Å². The second-order valence-electron chi connectivity index (χ2n) is 4.82. The molecule has 0 radical (unpaired) electrons. The zero-order valence-corrected chi connectivity index (χ0v) is 14.6. The Morgan fingerprint density at radius 1 is 1.25 bits per heavy atom. The number of nitrogens with zero attached hydrogens (tertiary/aromatic N) is 1. The maximum Gasteiger partial charge on any atom is 0.344 e. The number of thiophene rings is 1. The topological polar surface area (TPSA) is 58.9 Å². The molecule has 0 unspecified atom stereocenters. The molecule has 4 nitrogen and oxygen atoms in total. The number of ether oxygens (including phenoxy) is 1. The normalized spacial score (nSPS) is 17.7. The van der Waals surface area contributed by atoms with Crippen LogP contribution in [0.4, 0.5) is 5.69 Å². The van der Waals surface area contributed by atoms with Crippen molar-refractivity contribution in [3.63, 3.8) is 0 Å². The van der Waals surface area contributed by atoms with Gasteiger partial charge in [0.25, 0.3) is 0 Å². The average molecular weight is 357 g/mol. The maximum absolute atomic E-state index is 12.2. The van der Waals surface area contributed by atoms with Gasteiger partial charge in [0.05, 0.1) is 17.2 Å². The van der Waals surface area contributed by atoms with Crippen molar-refractivity contribution in [2.24, 2.45) is 4.99 Å². The fraction of sp³-hybridized carbons (Fsp3) is 0.111. The number of para-hydroxylation sites is 1. The molecule has 0 bridgehead atoms. The highest BCUT2D eigenvalue weighted by molar-refractivity contribution is 8.18. The highest BCUT2D eigenvalue weighted by Gasteiger charge is 2.33. The molecule has 0 saturated carbocycles. The first-order valence-corrected chi connectivity index (χ1v) is 9.06. The van der Waals surface area contributed by atoms with Gasteiger partial charge in [-0.15, -0.1) is 11.3 Å². The summed E-state index contributed by atoms with van der Waals surface area (Å²) in [5.41, 5.74) is 0.834. The van der Waals surface area contributed by atoms with Gasteiger partial charge in [0.2, 0.25) is 0 Å². The lowest BCUT2D eigenvalue weighted by Gasteiger charge is -2.03. The van der Waals surface area contributed by atoms with E-state index >= 15 is 0 Å². The Labute approximate surface area is 148 Å². The molecule has 0 saturated heterocycles. The molecule has 0 spiro atoms. The van der Waals surface area contributed by atoms with Crippen LogP contribution in [0, 0.1) is 0 Å². The van der Waals surface area contributed by atoms with Crippen LogP contribution < -0.4 is 0 Å². The van der Waals surface area contributed by atoms with Crippen molar-refractivity contribution >= 4 is 45.9 Å². The molecule has 0 amide bonds. The molecule has 122 valence electrons. The molecule has 0 aliphatic carbocycles. The first-order valence-electron chi connectivity index (χ1n) is 7.37. The second-order valence-corrected chi connectivity index (χ2v) is 6.83. The van der Waals surface area contributed by atoms with Crippen molar-refractivity contribution in [2.45, 2.75) is 6.92 Å². The van der Waals surface area contributed by atoms with E-state index in [4.69, 9.17) is 4.74 Å². The van der Waals surface area contributed by atoms with Gasteiger partial charge in [-0.05, 0) is 36.6 Å². The van der Waals surface area contributed by atoms with Crippen molar-refractivity contribution in [3.8, 4) is 0 Å². The summed E-state index contributed by atoms with van der Waals surface area (Å²) in [5.74, 6) is -0.645. The maximum atomic E-state index is 12.2. The molecule has 1 aromatic heterocycles. The highest BCUT2D eigenvalue weighted by Crippen LogP contribution is 2.40. The van der Waals surface area contributed by atoms with E-state index in [0.29, 0.717) is 15.6 Å². The van der Waals surface area contributed by atoms with Crippen LogP contribution in [-0.4, -0.2) is 22.7 Å². The minimum Gasteiger partial charge on any atom is -0.506 e. The lowest BCUT2D eigenvalue weighted by atomic mass is 10.2. The summed E-state index contributed by atoms with van der Waals surface area (Å²) in [5, 5.41) is 12.9. The van der Waals surface area contributed by atoms with Crippen LogP contribution in [0.25, 0.3) is 6.08 Å². The Balaban J connectivity index is 2.02. The first kappa shape index (κ1) is 16.5. The number of thioether (sulfide) groups is 1. The van der Waals surface area contributed by atoms with Crippen LogP contribution in [-0.2, 0) is 9.53 Å². The molecular formula is C18H15NO3S2. The van der Waals surface area contributed by atoms with Crippen molar-refractivity contribution in [1.82, 2.24) is 0 Å². The third kappa shape index (κ3) is 3.60. The van der Waals surface area contributed by atoms with Crippen molar-refractivity contribution < 1.29 is 14.6 Å². The van der Waals surface area contributed by atoms with Gasteiger partial charge in [0.1, 0.15) is 16.4 Å². The van der Waals surface area contributed by atoms with E-state index in [-0.39, 0.29) is 17.9 Å². The van der Waals surface area contributed by atoms with Gasteiger partial charge in [-0.3, -0.25) is 0 Å². The van der Waals surface area contributed by atoms with E-state index in [1.807, 2.05) is 53.9 Å². The van der Waals surface area contributed by atoms with Gasteiger partial charge in [0, 0.05) is 4.88 Å². The minimum absolute atomic E-state index is 0.0819. The van der Waals surface area contributed by atoms with Crippen LogP contribution in [0.3, 0.4) is 0 Å². The first-order chi connectivity index (χ1) is 11.7. The van der Waals surface area contributed by atoms with Gasteiger partial charge >= 0.3 is 5.97 Å². The van der Waals surface area contributed by atoms with Crippen LogP contribution in [0.5, 0.6) is 0 Å². The number of hydrogen-bond donors (Lipinski definition) is 1. The summed E-state index contributed by atoms with van der Waals surface area (Å²) in [6.45, 7) is 1.97. The molecule has 2 aromatic rings. The van der Waals surface area contributed by atoms with E-state index < -0.39 is 5.97 Å². The second kappa shape index (κ2) is 7.51. The van der Waals surface area contributed by atoms with Crippen molar-refractivity contribution in [2.75, 3.05) is 6.61 Å². The van der Waals surface area contributed by atoms with E-state index in [0.717, 1.165) is 4.88 Å². The molecule has 3 rings (SSSR count). The van der Waals surface area contributed by atoms with Crippen molar-refractivity contribution in [3.05, 3.63) is 69.0 Å². The molecular weight excluding hydrogens is 342 g/mol. The number of hydrogen-bond acceptors (Lipinski definition) is 6. The van der Waals surface area contributed by atoms with Gasteiger partial charge in [0.15, 0.2) is 0 Å². The van der Waals surface area contributed by atoms with Crippen LogP contribution in [0.15, 0.2) is 69.1 Å².